The van der Waals surface area contributed by atoms with Gasteiger partial charge in [0.1, 0.15) is 24.3 Å². The van der Waals surface area contributed by atoms with Crippen molar-refractivity contribution in [3.05, 3.63) is 75.2 Å². The molecule has 2 aromatic carbocycles. The van der Waals surface area contributed by atoms with Crippen molar-refractivity contribution in [3.63, 3.8) is 0 Å². The number of aromatic nitrogens is 1. The number of esters is 1. The van der Waals surface area contributed by atoms with E-state index in [1.165, 1.54) is 12.3 Å². The minimum absolute atomic E-state index is 0.0293. The molecule has 0 aliphatic carbocycles. The SMILES string of the molecule is CC[C@@H](C(=O)NC(CC(=O)OC(C)(C)C)C(=O)COc1c(F)c(F)cc(F)c1F)n1ccc2ccc(Cl)cc2c1=O. The third-order valence-corrected chi connectivity index (χ3v) is 6.08. The number of benzene rings is 2. The van der Waals surface area contributed by atoms with Gasteiger partial charge in [0, 0.05) is 22.7 Å². The minimum atomic E-state index is -1.87. The van der Waals surface area contributed by atoms with Gasteiger partial charge in [-0.05, 0) is 50.8 Å². The third kappa shape index (κ3) is 7.63. The van der Waals surface area contributed by atoms with Crippen LogP contribution in [0.1, 0.15) is 46.6 Å². The van der Waals surface area contributed by atoms with E-state index >= 15 is 0 Å². The number of ether oxygens (including phenoxy) is 2. The summed E-state index contributed by atoms with van der Waals surface area (Å²) < 4.78 is 66.2. The highest BCUT2D eigenvalue weighted by Gasteiger charge is 2.31. The molecule has 3 aromatic rings. The van der Waals surface area contributed by atoms with E-state index in [9.17, 15) is 36.7 Å². The molecule has 0 aliphatic rings. The Morgan fingerprint density at radius 3 is 2.24 bits per heavy atom. The van der Waals surface area contributed by atoms with Crippen molar-refractivity contribution in [3.8, 4) is 5.75 Å². The van der Waals surface area contributed by atoms with E-state index in [4.69, 9.17) is 21.1 Å². The van der Waals surface area contributed by atoms with E-state index < -0.39 is 82.9 Å². The second-order valence-corrected chi connectivity index (χ2v) is 10.5. The Kier molecular flexibility index (Phi) is 9.80. The second-order valence-electron chi connectivity index (χ2n) is 10.1. The Labute approximate surface area is 237 Å². The molecule has 3 rings (SSSR count). The zero-order valence-corrected chi connectivity index (χ0v) is 23.3. The Bertz CT molecular complexity index is 1530. The van der Waals surface area contributed by atoms with Crippen LogP contribution in [0.25, 0.3) is 10.8 Å². The summed E-state index contributed by atoms with van der Waals surface area (Å²) in [7, 11) is 0. The summed E-state index contributed by atoms with van der Waals surface area (Å²) in [5.41, 5.74) is -1.49. The number of halogens is 5. The van der Waals surface area contributed by atoms with Crippen molar-refractivity contribution < 1.29 is 41.4 Å². The molecule has 0 saturated carbocycles. The maximum absolute atomic E-state index is 14.0. The van der Waals surface area contributed by atoms with Crippen LogP contribution >= 0.6 is 11.6 Å². The lowest BCUT2D eigenvalue weighted by Crippen LogP contribution is -2.48. The molecule has 1 unspecified atom stereocenters. The summed E-state index contributed by atoms with van der Waals surface area (Å²) in [6.07, 6.45) is 0.761. The van der Waals surface area contributed by atoms with Gasteiger partial charge in [-0.1, -0.05) is 24.6 Å². The van der Waals surface area contributed by atoms with Crippen LogP contribution in [0, 0.1) is 23.3 Å². The van der Waals surface area contributed by atoms with Crippen molar-refractivity contribution in [2.75, 3.05) is 6.61 Å². The Morgan fingerprint density at radius 1 is 1.02 bits per heavy atom. The number of carbonyl (C=O) groups is 3. The monoisotopic (exact) mass is 598 g/mol. The molecule has 220 valence electrons. The molecule has 13 heteroatoms. The van der Waals surface area contributed by atoms with Crippen LogP contribution in [-0.2, 0) is 19.1 Å². The van der Waals surface area contributed by atoms with Crippen LogP contribution in [0.3, 0.4) is 0 Å². The summed E-state index contributed by atoms with van der Waals surface area (Å²) in [5.74, 6) is -11.5. The minimum Gasteiger partial charge on any atom is -0.479 e. The van der Waals surface area contributed by atoms with Gasteiger partial charge in [0.15, 0.2) is 23.2 Å². The quantitative estimate of drug-likeness (QED) is 0.200. The van der Waals surface area contributed by atoms with E-state index in [1.807, 2.05) is 0 Å². The normalized spacial score (nSPS) is 13.0. The zero-order valence-electron chi connectivity index (χ0n) is 22.5. The number of amides is 1. The van der Waals surface area contributed by atoms with Gasteiger partial charge in [0.05, 0.1) is 6.42 Å². The van der Waals surface area contributed by atoms with Gasteiger partial charge in [-0.2, -0.15) is 8.78 Å². The fourth-order valence-electron chi connectivity index (χ4n) is 3.97. The van der Waals surface area contributed by atoms with Crippen LogP contribution in [0.2, 0.25) is 5.02 Å². The smallest absolute Gasteiger partial charge is 0.308 e. The van der Waals surface area contributed by atoms with Crippen LogP contribution in [0.15, 0.2) is 41.3 Å². The Balaban J connectivity index is 1.89. The van der Waals surface area contributed by atoms with Crippen molar-refractivity contribution in [2.24, 2.45) is 0 Å². The first-order valence-corrected chi connectivity index (χ1v) is 12.8. The van der Waals surface area contributed by atoms with Gasteiger partial charge in [-0.25, -0.2) is 8.78 Å². The molecular weight excluding hydrogens is 572 g/mol. The lowest BCUT2D eigenvalue weighted by molar-refractivity contribution is -0.156. The molecule has 1 heterocycles. The lowest BCUT2D eigenvalue weighted by Gasteiger charge is -2.25. The number of nitrogens with zero attached hydrogens (tertiary/aromatic N) is 1. The first-order valence-electron chi connectivity index (χ1n) is 12.4. The average molecular weight is 599 g/mol. The molecule has 41 heavy (non-hydrogen) atoms. The lowest BCUT2D eigenvalue weighted by atomic mass is 10.1. The van der Waals surface area contributed by atoms with E-state index in [0.29, 0.717) is 10.4 Å². The number of carbonyl (C=O) groups excluding carboxylic acids is 3. The molecule has 0 spiro atoms. The molecule has 0 bridgehead atoms. The summed E-state index contributed by atoms with van der Waals surface area (Å²) in [6, 6.07) is 3.45. The summed E-state index contributed by atoms with van der Waals surface area (Å²) in [4.78, 5) is 52.0. The molecular formula is C28H27ClF4N2O6. The standard InChI is InChI=1S/C28H27ClF4N2O6/c1-5-20(35-9-8-14-6-7-15(29)10-16(14)27(35)39)26(38)34-19(12-22(37)41-28(2,3)4)21(36)13-40-25-23(32)17(30)11-18(31)24(25)33/h6-11,19-20H,5,12-13H2,1-4H3,(H,34,38)/t19?,20-/m0/s1. The van der Waals surface area contributed by atoms with Crippen LogP contribution < -0.4 is 15.6 Å². The van der Waals surface area contributed by atoms with E-state index in [1.54, 1.807) is 45.9 Å². The molecule has 1 amide bonds. The summed E-state index contributed by atoms with van der Waals surface area (Å²) >= 11 is 6.02. The van der Waals surface area contributed by atoms with Crippen molar-refractivity contribution in [2.45, 2.75) is 58.2 Å². The highest BCUT2D eigenvalue weighted by Crippen LogP contribution is 2.26. The number of Topliss-reactive ketones (excluding diaryl/α,β-unsaturated/α-hetero) is 1. The maximum Gasteiger partial charge on any atom is 0.308 e. The molecule has 1 aromatic heterocycles. The van der Waals surface area contributed by atoms with Gasteiger partial charge in [0.25, 0.3) is 5.56 Å². The largest absolute Gasteiger partial charge is 0.479 e. The molecule has 0 fully saturated rings. The predicted octanol–water partition coefficient (Wildman–Crippen LogP) is 5.03. The van der Waals surface area contributed by atoms with Crippen LogP contribution in [0.5, 0.6) is 5.75 Å². The van der Waals surface area contributed by atoms with E-state index in [2.05, 4.69) is 5.32 Å². The maximum atomic E-state index is 14.0. The zero-order chi connectivity index (χ0) is 30.6. The Morgan fingerprint density at radius 2 is 1.66 bits per heavy atom. The van der Waals surface area contributed by atoms with Gasteiger partial charge in [0.2, 0.25) is 17.5 Å². The first kappa shape index (κ1) is 31.6. The van der Waals surface area contributed by atoms with E-state index in [0.717, 1.165) is 4.57 Å². The molecule has 0 radical (unpaired) electrons. The molecule has 0 aliphatic heterocycles. The molecule has 0 saturated heterocycles. The number of nitrogens with one attached hydrogen (secondary N) is 1. The summed E-state index contributed by atoms with van der Waals surface area (Å²) in [5, 5.41) is 3.49. The average Bonchev–Trinajstić information content (AvgIpc) is 2.88. The van der Waals surface area contributed by atoms with Gasteiger partial charge < -0.3 is 19.4 Å². The highest BCUT2D eigenvalue weighted by atomic mass is 35.5. The highest BCUT2D eigenvalue weighted by molar-refractivity contribution is 6.31. The third-order valence-electron chi connectivity index (χ3n) is 5.85. The van der Waals surface area contributed by atoms with E-state index in [-0.39, 0.29) is 17.9 Å². The van der Waals surface area contributed by atoms with Crippen molar-refractivity contribution >= 4 is 40.0 Å². The molecule has 1 N–H and O–H groups in total. The number of rotatable bonds is 10. The number of hydrogen-bond acceptors (Lipinski definition) is 6. The van der Waals surface area contributed by atoms with Crippen molar-refractivity contribution in [1.82, 2.24) is 9.88 Å². The second kappa shape index (κ2) is 12.7. The number of ketones is 1. The van der Waals surface area contributed by atoms with Crippen LogP contribution in [-0.4, -0.2) is 40.5 Å². The van der Waals surface area contributed by atoms with Gasteiger partial charge >= 0.3 is 5.97 Å². The fourth-order valence-corrected chi connectivity index (χ4v) is 4.14. The molecule has 2 atom stereocenters. The van der Waals surface area contributed by atoms with Gasteiger partial charge in [-0.3, -0.25) is 19.2 Å². The number of fused-ring (bicyclic) bond motifs is 1. The van der Waals surface area contributed by atoms with Crippen molar-refractivity contribution in [1.29, 1.82) is 0 Å². The topological polar surface area (TPSA) is 104 Å². The number of pyridine rings is 1. The molecule has 8 nitrogen and oxygen atoms in total. The number of hydrogen-bond donors (Lipinski definition) is 1. The van der Waals surface area contributed by atoms with Crippen LogP contribution in [0.4, 0.5) is 17.6 Å². The summed E-state index contributed by atoms with van der Waals surface area (Å²) in [6.45, 7) is 5.14. The first-order chi connectivity index (χ1) is 19.1. The van der Waals surface area contributed by atoms with Gasteiger partial charge in [-0.15, -0.1) is 0 Å². The predicted molar refractivity (Wildman–Crippen MR) is 142 cm³/mol. The fraction of sp³-hybridized carbons (Fsp3) is 0.357. The Hall–Kier alpha value is -3.93.